The van der Waals surface area contributed by atoms with Crippen LogP contribution in [0.4, 0.5) is 0 Å². The van der Waals surface area contributed by atoms with Gasteiger partial charge in [0.15, 0.2) is 6.29 Å². The van der Waals surface area contributed by atoms with Gasteiger partial charge >= 0.3 is 0 Å². The van der Waals surface area contributed by atoms with Crippen LogP contribution in [0.3, 0.4) is 0 Å². The zero-order chi connectivity index (χ0) is 14.9. The highest BCUT2D eigenvalue weighted by Gasteiger charge is 2.25. The van der Waals surface area contributed by atoms with Gasteiger partial charge in [-0.25, -0.2) is 4.68 Å². The van der Waals surface area contributed by atoms with Crippen molar-refractivity contribution in [3.05, 3.63) is 51.8 Å². The molecule has 0 saturated heterocycles. The number of carbonyl (C=O) groups excluding carboxylic acids is 1. The van der Waals surface area contributed by atoms with Crippen molar-refractivity contribution in [2.24, 2.45) is 0 Å². The highest BCUT2D eigenvalue weighted by atomic mass is 35.5. The summed E-state index contributed by atoms with van der Waals surface area (Å²) >= 11 is 6.29. The Morgan fingerprint density at radius 2 is 2.05 bits per heavy atom. The van der Waals surface area contributed by atoms with E-state index >= 15 is 0 Å². The summed E-state index contributed by atoms with van der Waals surface area (Å²) in [7, 11) is 0. The average molecular weight is 291 g/mol. The molecule has 1 aromatic carbocycles. The molecule has 2 rings (SSSR count). The van der Waals surface area contributed by atoms with E-state index in [1.165, 1.54) is 5.56 Å². The second kappa shape index (κ2) is 5.41. The van der Waals surface area contributed by atoms with Crippen molar-refractivity contribution in [3.63, 3.8) is 0 Å². The van der Waals surface area contributed by atoms with Crippen molar-refractivity contribution in [2.45, 2.75) is 39.7 Å². The molecule has 0 aliphatic heterocycles. The molecule has 0 aliphatic carbocycles. The number of aryl methyl sites for hydroxylation is 1. The van der Waals surface area contributed by atoms with E-state index < -0.39 is 0 Å². The van der Waals surface area contributed by atoms with Gasteiger partial charge in [-0.05, 0) is 12.5 Å². The summed E-state index contributed by atoms with van der Waals surface area (Å²) in [4.78, 5) is 11.3. The summed E-state index contributed by atoms with van der Waals surface area (Å²) in [5.74, 6) is 0. The molecule has 3 nitrogen and oxygen atoms in total. The molecule has 2 aromatic rings. The Kier molecular flexibility index (Phi) is 4.00. The third-order valence-corrected chi connectivity index (χ3v) is 3.57. The van der Waals surface area contributed by atoms with Crippen molar-refractivity contribution >= 4 is 17.9 Å². The second-order valence-electron chi connectivity index (χ2n) is 6.07. The van der Waals surface area contributed by atoms with Crippen LogP contribution in [-0.2, 0) is 12.0 Å². The van der Waals surface area contributed by atoms with E-state index in [0.717, 1.165) is 17.5 Å². The van der Waals surface area contributed by atoms with Gasteiger partial charge in [-0.15, -0.1) is 0 Å². The van der Waals surface area contributed by atoms with Crippen LogP contribution < -0.4 is 0 Å². The smallest absolute Gasteiger partial charge is 0.155 e. The highest BCUT2D eigenvalue weighted by Crippen LogP contribution is 2.29. The molecule has 4 heteroatoms. The first kappa shape index (κ1) is 14.8. The zero-order valence-corrected chi connectivity index (χ0v) is 13.0. The van der Waals surface area contributed by atoms with Crippen LogP contribution >= 0.6 is 11.6 Å². The van der Waals surface area contributed by atoms with Crippen molar-refractivity contribution in [3.8, 4) is 0 Å². The minimum atomic E-state index is -0.211. The molecule has 0 atom stereocenters. The van der Waals surface area contributed by atoms with E-state index in [2.05, 4.69) is 11.2 Å². The van der Waals surface area contributed by atoms with Crippen molar-refractivity contribution in [1.29, 1.82) is 0 Å². The van der Waals surface area contributed by atoms with Crippen LogP contribution in [0.1, 0.15) is 48.0 Å². The lowest BCUT2D eigenvalue weighted by molar-refractivity contribution is 0.112. The fraction of sp³-hybridized carbons (Fsp3) is 0.375. The minimum absolute atomic E-state index is 0.211. The Balaban J connectivity index is 2.43. The molecular weight excluding hydrogens is 272 g/mol. The van der Waals surface area contributed by atoms with Crippen molar-refractivity contribution < 1.29 is 4.79 Å². The van der Waals surface area contributed by atoms with E-state index in [1.54, 1.807) is 4.68 Å². The molecule has 0 spiro atoms. The first-order valence-electron chi connectivity index (χ1n) is 6.60. The van der Waals surface area contributed by atoms with E-state index in [1.807, 2.05) is 45.9 Å². The number of carbonyl (C=O) groups is 1. The summed E-state index contributed by atoms with van der Waals surface area (Å²) in [6.45, 7) is 8.68. The minimum Gasteiger partial charge on any atom is -0.298 e. The molecule has 0 unspecified atom stereocenters. The predicted molar refractivity (Wildman–Crippen MR) is 81.6 cm³/mol. The first-order valence-corrected chi connectivity index (χ1v) is 6.98. The van der Waals surface area contributed by atoms with Crippen LogP contribution in [0.15, 0.2) is 24.3 Å². The number of halogens is 1. The zero-order valence-electron chi connectivity index (χ0n) is 12.3. The van der Waals surface area contributed by atoms with Gasteiger partial charge in [0.1, 0.15) is 5.15 Å². The Hall–Kier alpha value is -1.61. The maximum absolute atomic E-state index is 11.3. The molecule has 0 fully saturated rings. The molecule has 1 heterocycles. The van der Waals surface area contributed by atoms with Crippen LogP contribution in [0.5, 0.6) is 0 Å². The molecule has 0 amide bonds. The standard InChI is InChI=1S/C16H19ClN2O/c1-11-6-5-7-12(8-11)9-19-15(17)13(10-20)14(18-19)16(2,3)4/h5-8,10H,9H2,1-4H3. The van der Waals surface area contributed by atoms with Crippen LogP contribution in [0, 0.1) is 6.92 Å². The van der Waals surface area contributed by atoms with Crippen LogP contribution in [-0.4, -0.2) is 16.1 Å². The van der Waals surface area contributed by atoms with Gasteiger partial charge in [0.05, 0.1) is 17.8 Å². The topological polar surface area (TPSA) is 34.9 Å². The Morgan fingerprint density at radius 1 is 1.35 bits per heavy atom. The highest BCUT2D eigenvalue weighted by molar-refractivity contribution is 6.32. The summed E-state index contributed by atoms with van der Waals surface area (Å²) < 4.78 is 1.70. The number of hydrogen-bond acceptors (Lipinski definition) is 2. The summed E-state index contributed by atoms with van der Waals surface area (Å²) in [6, 6.07) is 8.18. The van der Waals surface area contributed by atoms with Gasteiger partial charge < -0.3 is 0 Å². The lowest BCUT2D eigenvalue weighted by Gasteiger charge is -2.15. The molecule has 1 aromatic heterocycles. The number of aromatic nitrogens is 2. The van der Waals surface area contributed by atoms with E-state index in [4.69, 9.17) is 11.6 Å². The second-order valence-corrected chi connectivity index (χ2v) is 6.43. The number of benzene rings is 1. The fourth-order valence-electron chi connectivity index (χ4n) is 2.20. The van der Waals surface area contributed by atoms with Gasteiger partial charge in [0, 0.05) is 5.41 Å². The van der Waals surface area contributed by atoms with E-state index in [9.17, 15) is 4.79 Å². The maximum Gasteiger partial charge on any atom is 0.155 e. The van der Waals surface area contributed by atoms with E-state index in [0.29, 0.717) is 17.3 Å². The lowest BCUT2D eigenvalue weighted by atomic mass is 9.90. The SMILES string of the molecule is Cc1cccc(Cn2nc(C(C)(C)C)c(C=O)c2Cl)c1. The van der Waals surface area contributed by atoms with Crippen molar-refractivity contribution in [1.82, 2.24) is 9.78 Å². The molecule has 106 valence electrons. The van der Waals surface area contributed by atoms with E-state index in [-0.39, 0.29) is 5.41 Å². The molecule has 20 heavy (non-hydrogen) atoms. The Labute approximate surface area is 124 Å². The van der Waals surface area contributed by atoms with Gasteiger partial charge in [0.2, 0.25) is 0 Å². The normalized spacial score (nSPS) is 11.7. The molecule has 0 bridgehead atoms. The van der Waals surface area contributed by atoms with Crippen molar-refractivity contribution in [2.75, 3.05) is 0 Å². The lowest BCUT2D eigenvalue weighted by Crippen LogP contribution is -2.15. The molecule has 0 N–H and O–H groups in total. The summed E-state index contributed by atoms with van der Waals surface area (Å²) in [5, 5.41) is 4.94. The number of aldehydes is 1. The predicted octanol–water partition coefficient (Wildman–Crippen LogP) is 4.00. The van der Waals surface area contributed by atoms with Gasteiger partial charge in [0.25, 0.3) is 0 Å². The third kappa shape index (κ3) is 2.93. The average Bonchev–Trinajstić information content (AvgIpc) is 2.66. The summed E-state index contributed by atoms with van der Waals surface area (Å²) in [6.07, 6.45) is 0.794. The summed E-state index contributed by atoms with van der Waals surface area (Å²) in [5.41, 5.74) is 3.33. The fourth-order valence-corrected chi connectivity index (χ4v) is 2.43. The third-order valence-electron chi connectivity index (χ3n) is 3.17. The quantitative estimate of drug-likeness (QED) is 0.801. The molecule has 0 radical (unpaired) electrons. The maximum atomic E-state index is 11.3. The number of nitrogens with zero attached hydrogens (tertiary/aromatic N) is 2. The van der Waals surface area contributed by atoms with Gasteiger partial charge in [-0.1, -0.05) is 62.2 Å². The number of rotatable bonds is 3. The molecule has 0 aliphatic rings. The first-order chi connectivity index (χ1) is 9.32. The van der Waals surface area contributed by atoms with Crippen LogP contribution in [0.25, 0.3) is 0 Å². The largest absolute Gasteiger partial charge is 0.298 e. The number of hydrogen-bond donors (Lipinski definition) is 0. The van der Waals surface area contributed by atoms with Gasteiger partial charge in [-0.3, -0.25) is 4.79 Å². The Morgan fingerprint density at radius 3 is 2.55 bits per heavy atom. The van der Waals surface area contributed by atoms with Gasteiger partial charge in [-0.2, -0.15) is 5.10 Å². The molecular formula is C16H19ClN2O. The van der Waals surface area contributed by atoms with Crippen LogP contribution in [0.2, 0.25) is 5.15 Å². The molecule has 0 saturated carbocycles. The Bertz CT molecular complexity index is 638. The monoisotopic (exact) mass is 290 g/mol.